The Bertz CT molecular complexity index is 428. The van der Waals surface area contributed by atoms with E-state index < -0.39 is 5.54 Å². The molecule has 94 valence electrons. The van der Waals surface area contributed by atoms with E-state index in [4.69, 9.17) is 22.4 Å². The van der Waals surface area contributed by atoms with Crippen LogP contribution in [0, 0.1) is 0 Å². The molecule has 0 aromatic carbocycles. The summed E-state index contributed by atoms with van der Waals surface area (Å²) in [6, 6.07) is 3.45. The molecule has 1 unspecified atom stereocenters. The predicted molar refractivity (Wildman–Crippen MR) is 71.0 cm³/mol. The fourth-order valence-corrected chi connectivity index (χ4v) is 1.52. The molecular formula is C12H18N2O2S. The van der Waals surface area contributed by atoms with Crippen molar-refractivity contribution in [3.8, 4) is 0 Å². The van der Waals surface area contributed by atoms with Crippen LogP contribution in [0.4, 0.5) is 0 Å². The van der Waals surface area contributed by atoms with Crippen molar-refractivity contribution in [1.82, 2.24) is 5.32 Å². The number of hydrogen-bond donors (Lipinski definition) is 2. The number of hydrogen-bond acceptors (Lipinski definition) is 3. The number of carbonyl (C=O) groups excluding carboxylic acids is 1. The molecule has 0 bridgehead atoms. The smallest absolute Gasteiger partial charge is 0.287 e. The molecular weight excluding hydrogens is 236 g/mol. The molecule has 0 spiro atoms. The first-order valence-corrected chi connectivity index (χ1v) is 6.05. The van der Waals surface area contributed by atoms with Gasteiger partial charge in [-0.3, -0.25) is 4.79 Å². The summed E-state index contributed by atoms with van der Waals surface area (Å²) in [7, 11) is 0. The van der Waals surface area contributed by atoms with Crippen LogP contribution in [-0.4, -0.2) is 16.4 Å². The molecule has 1 amide bonds. The molecule has 3 N–H and O–H groups in total. The van der Waals surface area contributed by atoms with Gasteiger partial charge >= 0.3 is 0 Å². The van der Waals surface area contributed by atoms with Gasteiger partial charge in [0.1, 0.15) is 5.76 Å². The molecule has 0 aliphatic heterocycles. The zero-order chi connectivity index (χ0) is 13.1. The topological polar surface area (TPSA) is 68.3 Å². The summed E-state index contributed by atoms with van der Waals surface area (Å²) in [4.78, 5) is 12.2. The van der Waals surface area contributed by atoms with Crippen molar-refractivity contribution in [2.75, 3.05) is 0 Å². The van der Waals surface area contributed by atoms with Gasteiger partial charge in [0, 0.05) is 6.42 Å². The number of amides is 1. The normalized spacial score (nSPS) is 14.1. The highest BCUT2D eigenvalue weighted by Crippen LogP contribution is 2.13. The highest BCUT2D eigenvalue weighted by atomic mass is 32.1. The maximum atomic E-state index is 11.9. The van der Waals surface area contributed by atoms with Crippen LogP contribution in [0.25, 0.3) is 0 Å². The summed E-state index contributed by atoms with van der Waals surface area (Å²) in [6.45, 7) is 5.68. The van der Waals surface area contributed by atoms with Gasteiger partial charge in [0.2, 0.25) is 0 Å². The molecule has 1 rings (SSSR count). The van der Waals surface area contributed by atoms with Crippen LogP contribution in [0.2, 0.25) is 0 Å². The average molecular weight is 254 g/mol. The Morgan fingerprint density at radius 2 is 2.18 bits per heavy atom. The van der Waals surface area contributed by atoms with Gasteiger partial charge in [0.25, 0.3) is 5.91 Å². The predicted octanol–water partition coefficient (Wildman–Crippen LogP) is 2.03. The zero-order valence-corrected chi connectivity index (χ0v) is 11.2. The Labute approximate surface area is 107 Å². The third-order valence-corrected chi connectivity index (χ3v) is 3.32. The summed E-state index contributed by atoms with van der Waals surface area (Å²) >= 11 is 4.96. The molecule has 4 nitrogen and oxygen atoms in total. The number of rotatable bonds is 5. The van der Waals surface area contributed by atoms with Gasteiger partial charge < -0.3 is 15.5 Å². The molecule has 0 fully saturated rings. The van der Waals surface area contributed by atoms with Gasteiger partial charge in [0.05, 0.1) is 10.5 Å². The number of furan rings is 1. The Balaban J connectivity index is 2.81. The van der Waals surface area contributed by atoms with Crippen molar-refractivity contribution in [2.45, 2.75) is 39.2 Å². The SMILES string of the molecule is CCc1ccc(C(=O)NC(C)(CC)C(N)=S)o1. The van der Waals surface area contributed by atoms with Crippen LogP contribution in [0.15, 0.2) is 16.5 Å². The first kappa shape index (κ1) is 13.7. The molecule has 1 aromatic heterocycles. The summed E-state index contributed by atoms with van der Waals surface area (Å²) < 4.78 is 5.37. The fraction of sp³-hybridized carbons (Fsp3) is 0.500. The van der Waals surface area contributed by atoms with Crippen LogP contribution in [0.3, 0.4) is 0 Å². The second-order valence-electron chi connectivity index (χ2n) is 4.12. The number of carbonyl (C=O) groups is 1. The van der Waals surface area contributed by atoms with Crippen molar-refractivity contribution in [3.05, 3.63) is 23.7 Å². The van der Waals surface area contributed by atoms with Gasteiger partial charge in [-0.1, -0.05) is 26.1 Å². The lowest BCUT2D eigenvalue weighted by Gasteiger charge is -2.27. The Morgan fingerprint density at radius 3 is 2.59 bits per heavy atom. The van der Waals surface area contributed by atoms with E-state index >= 15 is 0 Å². The molecule has 0 aliphatic carbocycles. The zero-order valence-electron chi connectivity index (χ0n) is 10.4. The third kappa shape index (κ3) is 3.06. The van der Waals surface area contributed by atoms with Gasteiger partial charge in [-0.15, -0.1) is 0 Å². The Morgan fingerprint density at radius 1 is 1.53 bits per heavy atom. The quantitative estimate of drug-likeness (QED) is 0.789. The minimum Gasteiger partial charge on any atom is -0.456 e. The van der Waals surface area contributed by atoms with Crippen molar-refractivity contribution in [2.24, 2.45) is 5.73 Å². The fourth-order valence-electron chi connectivity index (χ4n) is 1.33. The molecule has 1 heterocycles. The van der Waals surface area contributed by atoms with Crippen LogP contribution < -0.4 is 11.1 Å². The highest BCUT2D eigenvalue weighted by Gasteiger charge is 2.28. The van der Waals surface area contributed by atoms with E-state index in [1.54, 1.807) is 19.1 Å². The number of nitrogens with two attached hydrogens (primary N) is 1. The number of thiocarbonyl (C=S) groups is 1. The summed E-state index contributed by atoms with van der Waals surface area (Å²) in [5.74, 6) is 0.781. The Kier molecular flexibility index (Phi) is 4.28. The summed E-state index contributed by atoms with van der Waals surface area (Å²) in [5, 5.41) is 2.80. The Hall–Kier alpha value is -1.36. The second-order valence-corrected chi connectivity index (χ2v) is 4.56. The van der Waals surface area contributed by atoms with E-state index in [9.17, 15) is 4.79 Å². The first-order valence-electron chi connectivity index (χ1n) is 5.64. The molecule has 5 heteroatoms. The van der Waals surface area contributed by atoms with Crippen molar-refractivity contribution in [1.29, 1.82) is 0 Å². The highest BCUT2D eigenvalue weighted by molar-refractivity contribution is 7.80. The minimum atomic E-state index is -0.675. The summed E-state index contributed by atoms with van der Waals surface area (Å²) in [6.07, 6.45) is 1.39. The van der Waals surface area contributed by atoms with Gasteiger partial charge in [-0.25, -0.2) is 0 Å². The molecule has 1 aromatic rings. The molecule has 1 atom stereocenters. The molecule has 0 saturated heterocycles. The van der Waals surface area contributed by atoms with Gasteiger partial charge in [-0.2, -0.15) is 0 Å². The molecule has 0 radical (unpaired) electrons. The van der Waals surface area contributed by atoms with Crippen molar-refractivity contribution in [3.63, 3.8) is 0 Å². The number of aryl methyl sites for hydroxylation is 1. The largest absolute Gasteiger partial charge is 0.456 e. The van der Waals surface area contributed by atoms with Crippen molar-refractivity contribution < 1.29 is 9.21 Å². The lowest BCUT2D eigenvalue weighted by atomic mass is 9.99. The van der Waals surface area contributed by atoms with Gasteiger partial charge in [0.15, 0.2) is 5.76 Å². The number of nitrogens with one attached hydrogen (secondary N) is 1. The minimum absolute atomic E-state index is 0.274. The van der Waals surface area contributed by atoms with E-state index in [1.807, 2.05) is 13.8 Å². The van der Waals surface area contributed by atoms with Gasteiger partial charge in [-0.05, 0) is 25.5 Å². The standard InChI is InChI=1S/C12H18N2O2S/c1-4-8-6-7-9(16-8)10(15)14-12(3,5-2)11(13)17/h6-7H,4-5H2,1-3H3,(H2,13,17)(H,14,15). The summed E-state index contributed by atoms with van der Waals surface area (Å²) in [5.41, 5.74) is 4.95. The van der Waals surface area contributed by atoms with E-state index in [0.717, 1.165) is 12.2 Å². The molecule has 0 aliphatic rings. The monoisotopic (exact) mass is 254 g/mol. The van der Waals surface area contributed by atoms with Crippen LogP contribution in [-0.2, 0) is 6.42 Å². The van der Waals surface area contributed by atoms with E-state index in [2.05, 4.69) is 5.32 Å². The second kappa shape index (κ2) is 5.31. The van der Waals surface area contributed by atoms with Crippen LogP contribution >= 0.6 is 12.2 Å². The van der Waals surface area contributed by atoms with Crippen LogP contribution in [0.5, 0.6) is 0 Å². The molecule has 0 saturated carbocycles. The maximum absolute atomic E-state index is 11.9. The lowest BCUT2D eigenvalue weighted by Crippen LogP contribution is -2.54. The lowest BCUT2D eigenvalue weighted by molar-refractivity contribution is 0.0896. The first-order chi connectivity index (χ1) is 7.92. The van der Waals surface area contributed by atoms with E-state index in [-0.39, 0.29) is 16.7 Å². The van der Waals surface area contributed by atoms with Crippen LogP contribution in [0.1, 0.15) is 43.5 Å². The maximum Gasteiger partial charge on any atom is 0.287 e. The van der Waals surface area contributed by atoms with Crippen molar-refractivity contribution >= 4 is 23.1 Å². The molecule has 17 heavy (non-hydrogen) atoms. The van der Waals surface area contributed by atoms with E-state index in [0.29, 0.717) is 6.42 Å². The van der Waals surface area contributed by atoms with E-state index in [1.165, 1.54) is 0 Å². The third-order valence-electron chi connectivity index (χ3n) is 2.87. The average Bonchev–Trinajstić information content (AvgIpc) is 2.77.